The number of hydrogen-bond donors (Lipinski definition) is 2. The topological polar surface area (TPSA) is 55.1 Å². The largest absolute Gasteiger partial charge is 0.366 e. The Morgan fingerprint density at radius 2 is 1.83 bits per heavy atom. The van der Waals surface area contributed by atoms with Gasteiger partial charge in [0, 0.05) is 17.6 Å². The third-order valence-electron chi connectivity index (χ3n) is 3.91. The predicted octanol–water partition coefficient (Wildman–Crippen LogP) is 2.60. The normalized spacial score (nSPS) is 18.5. The molecular formula is C15H22N2O. The molecule has 1 aromatic carbocycles. The Morgan fingerprint density at radius 3 is 2.39 bits per heavy atom. The van der Waals surface area contributed by atoms with Crippen LogP contribution in [0.2, 0.25) is 0 Å². The number of amides is 1. The minimum absolute atomic E-state index is 0.278. The molecule has 3 heteroatoms. The van der Waals surface area contributed by atoms with Gasteiger partial charge in [-0.1, -0.05) is 31.4 Å². The van der Waals surface area contributed by atoms with E-state index in [0.717, 1.165) is 6.54 Å². The number of benzene rings is 1. The van der Waals surface area contributed by atoms with Crippen LogP contribution in [0.5, 0.6) is 0 Å². The number of carbonyl (C=O) groups is 1. The second-order valence-electron chi connectivity index (χ2n) is 5.54. The van der Waals surface area contributed by atoms with Crippen molar-refractivity contribution in [3.05, 3.63) is 35.4 Å². The van der Waals surface area contributed by atoms with Crippen molar-refractivity contribution in [3.8, 4) is 0 Å². The highest BCUT2D eigenvalue weighted by Crippen LogP contribution is 2.27. The molecule has 1 aliphatic rings. The number of rotatable bonds is 4. The first-order valence-electron chi connectivity index (χ1n) is 6.73. The quantitative estimate of drug-likeness (QED) is 0.858. The third-order valence-corrected chi connectivity index (χ3v) is 3.91. The second-order valence-corrected chi connectivity index (χ2v) is 5.54. The summed E-state index contributed by atoms with van der Waals surface area (Å²) in [6, 6.07) is 7.53. The van der Waals surface area contributed by atoms with E-state index in [2.05, 4.69) is 12.2 Å². The van der Waals surface area contributed by atoms with Crippen molar-refractivity contribution in [1.29, 1.82) is 0 Å². The number of nitrogens with one attached hydrogen (secondary N) is 1. The molecule has 1 fully saturated rings. The Morgan fingerprint density at radius 1 is 1.22 bits per heavy atom. The lowest BCUT2D eigenvalue weighted by molar-refractivity contribution is 0.100. The predicted molar refractivity (Wildman–Crippen MR) is 73.3 cm³/mol. The summed E-state index contributed by atoms with van der Waals surface area (Å²) in [6.07, 6.45) is 6.53. The first kappa shape index (κ1) is 13.1. The first-order chi connectivity index (χ1) is 8.59. The molecular weight excluding hydrogens is 224 g/mol. The molecule has 1 aromatic rings. The zero-order chi connectivity index (χ0) is 13.0. The van der Waals surface area contributed by atoms with Gasteiger partial charge in [0.05, 0.1) is 0 Å². The van der Waals surface area contributed by atoms with Gasteiger partial charge in [-0.25, -0.2) is 0 Å². The molecule has 0 aromatic heterocycles. The first-order valence-corrected chi connectivity index (χ1v) is 6.73. The van der Waals surface area contributed by atoms with Crippen molar-refractivity contribution in [2.24, 2.45) is 5.73 Å². The van der Waals surface area contributed by atoms with Crippen molar-refractivity contribution >= 4 is 5.91 Å². The lowest BCUT2D eigenvalue weighted by Gasteiger charge is -2.34. The molecule has 1 amide bonds. The lowest BCUT2D eigenvalue weighted by Crippen LogP contribution is -2.43. The summed E-state index contributed by atoms with van der Waals surface area (Å²) in [5.41, 5.74) is 7.27. The van der Waals surface area contributed by atoms with E-state index in [1.165, 1.54) is 37.7 Å². The van der Waals surface area contributed by atoms with Crippen molar-refractivity contribution in [2.45, 2.75) is 51.1 Å². The van der Waals surface area contributed by atoms with Crippen LogP contribution in [0.4, 0.5) is 0 Å². The van der Waals surface area contributed by atoms with Gasteiger partial charge in [-0.05, 0) is 37.5 Å². The summed E-state index contributed by atoms with van der Waals surface area (Å²) in [5.74, 6) is -0.367. The zero-order valence-electron chi connectivity index (χ0n) is 11.0. The molecule has 0 aliphatic heterocycles. The summed E-state index contributed by atoms with van der Waals surface area (Å²) in [7, 11) is 0. The Bertz CT molecular complexity index is 405. The SMILES string of the molecule is CC1(NCc2ccc(C(N)=O)cc2)CCCCC1. The van der Waals surface area contributed by atoms with E-state index in [1.807, 2.05) is 12.1 Å². The summed E-state index contributed by atoms with van der Waals surface area (Å²) in [5, 5.41) is 3.65. The molecule has 18 heavy (non-hydrogen) atoms. The fraction of sp³-hybridized carbons (Fsp3) is 0.533. The average Bonchev–Trinajstić information content (AvgIpc) is 2.38. The van der Waals surface area contributed by atoms with E-state index in [0.29, 0.717) is 5.56 Å². The van der Waals surface area contributed by atoms with E-state index in [9.17, 15) is 4.79 Å². The minimum atomic E-state index is -0.367. The van der Waals surface area contributed by atoms with E-state index >= 15 is 0 Å². The van der Waals surface area contributed by atoms with E-state index in [1.54, 1.807) is 12.1 Å². The molecule has 3 nitrogen and oxygen atoms in total. The van der Waals surface area contributed by atoms with E-state index in [-0.39, 0.29) is 11.4 Å². The molecule has 0 radical (unpaired) electrons. The minimum Gasteiger partial charge on any atom is -0.366 e. The maximum absolute atomic E-state index is 11.0. The lowest BCUT2D eigenvalue weighted by atomic mass is 9.83. The van der Waals surface area contributed by atoms with Gasteiger partial charge in [-0.15, -0.1) is 0 Å². The highest BCUT2D eigenvalue weighted by molar-refractivity contribution is 5.92. The van der Waals surface area contributed by atoms with Crippen molar-refractivity contribution < 1.29 is 4.79 Å². The van der Waals surface area contributed by atoms with Crippen molar-refractivity contribution in [2.75, 3.05) is 0 Å². The molecule has 0 atom stereocenters. The smallest absolute Gasteiger partial charge is 0.248 e. The van der Waals surface area contributed by atoms with Crippen LogP contribution < -0.4 is 11.1 Å². The fourth-order valence-corrected chi connectivity index (χ4v) is 2.61. The van der Waals surface area contributed by atoms with Crippen LogP contribution in [-0.2, 0) is 6.54 Å². The standard InChI is InChI=1S/C15H22N2O/c1-15(9-3-2-4-10-15)17-11-12-5-7-13(8-6-12)14(16)18/h5-8,17H,2-4,9-11H2,1H3,(H2,16,18). The Hall–Kier alpha value is -1.35. The zero-order valence-corrected chi connectivity index (χ0v) is 11.0. The van der Waals surface area contributed by atoms with Gasteiger partial charge >= 0.3 is 0 Å². The van der Waals surface area contributed by atoms with Crippen LogP contribution >= 0.6 is 0 Å². The molecule has 3 N–H and O–H groups in total. The Balaban J connectivity index is 1.91. The number of hydrogen-bond acceptors (Lipinski definition) is 2. The molecule has 0 unspecified atom stereocenters. The maximum atomic E-state index is 11.0. The highest BCUT2D eigenvalue weighted by Gasteiger charge is 2.25. The van der Waals surface area contributed by atoms with Gasteiger partial charge in [-0.2, -0.15) is 0 Å². The van der Waals surface area contributed by atoms with E-state index < -0.39 is 0 Å². The van der Waals surface area contributed by atoms with Crippen LogP contribution in [-0.4, -0.2) is 11.4 Å². The summed E-state index contributed by atoms with van der Waals surface area (Å²) >= 11 is 0. The Labute approximate surface area is 109 Å². The van der Waals surface area contributed by atoms with Crippen molar-refractivity contribution in [3.63, 3.8) is 0 Å². The second kappa shape index (κ2) is 5.53. The van der Waals surface area contributed by atoms with Gasteiger partial charge in [0.15, 0.2) is 0 Å². The summed E-state index contributed by atoms with van der Waals surface area (Å²) < 4.78 is 0. The van der Waals surface area contributed by atoms with Gasteiger partial charge in [0.2, 0.25) is 5.91 Å². The summed E-state index contributed by atoms with van der Waals surface area (Å²) in [6.45, 7) is 3.17. The number of nitrogens with two attached hydrogens (primary N) is 1. The van der Waals surface area contributed by atoms with Crippen LogP contribution in [0.15, 0.2) is 24.3 Å². The number of carbonyl (C=O) groups excluding carboxylic acids is 1. The maximum Gasteiger partial charge on any atom is 0.248 e. The van der Waals surface area contributed by atoms with Gasteiger partial charge in [0.1, 0.15) is 0 Å². The average molecular weight is 246 g/mol. The summed E-state index contributed by atoms with van der Waals surface area (Å²) in [4.78, 5) is 11.0. The van der Waals surface area contributed by atoms with Crippen molar-refractivity contribution in [1.82, 2.24) is 5.32 Å². The Kier molecular flexibility index (Phi) is 4.02. The van der Waals surface area contributed by atoms with Crippen LogP contribution in [0.3, 0.4) is 0 Å². The third kappa shape index (κ3) is 3.33. The van der Waals surface area contributed by atoms with Gasteiger partial charge < -0.3 is 11.1 Å². The molecule has 0 saturated heterocycles. The van der Waals surface area contributed by atoms with Gasteiger partial charge in [-0.3, -0.25) is 4.79 Å². The van der Waals surface area contributed by atoms with Gasteiger partial charge in [0.25, 0.3) is 0 Å². The monoisotopic (exact) mass is 246 g/mol. The highest BCUT2D eigenvalue weighted by atomic mass is 16.1. The molecule has 1 aliphatic carbocycles. The molecule has 1 saturated carbocycles. The number of primary amides is 1. The van der Waals surface area contributed by atoms with Crippen LogP contribution in [0.1, 0.15) is 54.9 Å². The molecule has 0 heterocycles. The molecule has 98 valence electrons. The molecule has 0 spiro atoms. The van der Waals surface area contributed by atoms with Crippen LogP contribution in [0.25, 0.3) is 0 Å². The fourth-order valence-electron chi connectivity index (χ4n) is 2.61. The molecule has 0 bridgehead atoms. The molecule has 2 rings (SSSR count). The van der Waals surface area contributed by atoms with Crippen LogP contribution in [0, 0.1) is 0 Å². The van der Waals surface area contributed by atoms with E-state index in [4.69, 9.17) is 5.73 Å².